The number of hydrogen-bond donors (Lipinski definition) is 0. The van der Waals surface area contributed by atoms with E-state index in [0.29, 0.717) is 7.25 Å². The molecule has 30 heavy (non-hydrogen) atoms. The molecule has 0 aliphatic heterocycles. The van der Waals surface area contributed by atoms with Gasteiger partial charge in [-0.1, -0.05) is 0 Å². The van der Waals surface area contributed by atoms with Gasteiger partial charge in [-0.25, -0.2) is 0 Å². The fourth-order valence-electron chi connectivity index (χ4n) is 5.13. The van der Waals surface area contributed by atoms with E-state index < -0.39 is 26.1 Å². The molecule has 0 saturated heterocycles. The third-order valence-corrected chi connectivity index (χ3v) is 32.5. The van der Waals surface area contributed by atoms with Gasteiger partial charge in [0.25, 0.3) is 0 Å². The van der Waals surface area contributed by atoms with Gasteiger partial charge >= 0.3 is 174 Å². The fourth-order valence-corrected chi connectivity index (χ4v) is 31.0. The minimum Gasteiger partial charge on any atom is -0.147 e. The number of halogens is 2. The van der Waals surface area contributed by atoms with Gasteiger partial charge in [0.15, 0.2) is 0 Å². The normalized spacial score (nSPS) is 20.1. The molecule has 4 heteroatoms. The van der Waals surface area contributed by atoms with E-state index in [4.69, 9.17) is 0 Å². The molecule has 0 aromatic heterocycles. The van der Waals surface area contributed by atoms with Gasteiger partial charge in [-0.2, -0.15) is 0 Å². The molecule has 0 nitrogen and oxygen atoms in total. The van der Waals surface area contributed by atoms with Crippen LogP contribution in [0.5, 0.6) is 0 Å². The van der Waals surface area contributed by atoms with Crippen LogP contribution < -0.4 is 5.19 Å². The van der Waals surface area contributed by atoms with Crippen LogP contribution in [-0.2, 0) is 19.4 Å². The smallest absolute Gasteiger partial charge is 0.147 e. The third kappa shape index (κ3) is 3.92. The maximum absolute atomic E-state index is 4.52. The molecule has 0 bridgehead atoms. The molecule has 2 aliphatic rings. The van der Waals surface area contributed by atoms with E-state index in [9.17, 15) is 0 Å². The Morgan fingerprint density at radius 3 is 1.63 bits per heavy atom. The molecule has 2 aliphatic carbocycles. The summed E-state index contributed by atoms with van der Waals surface area (Å²) in [6.07, 6.45) is 9.76. The summed E-state index contributed by atoms with van der Waals surface area (Å²) in [7, 11) is 0. The van der Waals surface area contributed by atoms with Crippen LogP contribution in [0.3, 0.4) is 0 Å². The van der Waals surface area contributed by atoms with Crippen molar-refractivity contribution in [3.8, 4) is 0 Å². The predicted octanol–water partition coefficient (Wildman–Crippen LogP) is 6.07. The van der Waals surface area contributed by atoms with Crippen molar-refractivity contribution in [2.75, 3.05) is 0 Å². The molecule has 0 heterocycles. The van der Waals surface area contributed by atoms with Crippen LogP contribution in [0, 0.1) is 0 Å². The molecule has 0 amide bonds. The van der Waals surface area contributed by atoms with E-state index in [1.807, 2.05) is 0 Å². The summed E-state index contributed by atoms with van der Waals surface area (Å²) in [5, 5.41) is 1.59. The fraction of sp³-hybridized carbons (Fsp3) is 0.0769. The van der Waals surface area contributed by atoms with Crippen molar-refractivity contribution < 1.29 is 19.4 Å². The molecule has 3 aromatic rings. The van der Waals surface area contributed by atoms with Gasteiger partial charge in [-0.3, -0.25) is 0 Å². The molecule has 3 aromatic carbocycles. The minimum atomic E-state index is -2.91. The third-order valence-electron chi connectivity index (χ3n) is 6.49. The molecule has 0 fully saturated rings. The van der Waals surface area contributed by atoms with Gasteiger partial charge in [-0.05, 0) is 0 Å². The second kappa shape index (κ2) is 9.79. The Balaban J connectivity index is 0.00000128. The first-order valence-corrected chi connectivity index (χ1v) is 20.9. The van der Waals surface area contributed by atoms with Crippen LogP contribution in [0.1, 0.15) is 29.5 Å². The minimum absolute atomic E-state index is 0. The van der Waals surface area contributed by atoms with Gasteiger partial charge in [-0.15, -0.1) is 24.8 Å². The van der Waals surface area contributed by atoms with Crippen molar-refractivity contribution in [1.82, 2.24) is 0 Å². The second-order valence-electron chi connectivity index (χ2n) is 7.91. The summed E-state index contributed by atoms with van der Waals surface area (Å²) in [5.41, 5.74) is 5.90. The first-order chi connectivity index (χ1) is 13.8. The Kier molecular flexibility index (Phi) is 7.58. The molecule has 0 spiro atoms. The number of allylic oxidation sites excluding steroid dienone is 2. The first-order valence-electron chi connectivity index (χ1n) is 10.0. The standard InChI is InChI=1S/2C9H7.C6H7Si.C2H3.2ClH.Zr/c2*1-2-5-9-7-3-6-8(9)4-1;7-6-4-2-1-3-5-6;1-2;;;/h2*1-7H;1-5H,7H2;1H,2H2;2*1H;. The molecule has 5 rings (SSSR count). The number of fused-ring (bicyclic) bond motifs is 2. The van der Waals surface area contributed by atoms with Gasteiger partial charge < -0.3 is 0 Å². The van der Waals surface area contributed by atoms with Crippen molar-refractivity contribution in [2.24, 2.45) is 0 Å². The van der Waals surface area contributed by atoms with Crippen LogP contribution in [0.15, 0.2) is 101 Å². The summed E-state index contributed by atoms with van der Waals surface area (Å²) in [5.74, 6) is 0. The molecular weight excluding hydrogens is 503 g/mol. The second-order valence-corrected chi connectivity index (χ2v) is 28.5. The van der Waals surface area contributed by atoms with E-state index in [1.165, 1.54) is 11.1 Å². The zero-order chi connectivity index (χ0) is 19.0. The van der Waals surface area contributed by atoms with Crippen LogP contribution in [-0.4, -0.2) is 6.65 Å². The Hall–Kier alpha value is -1.44. The van der Waals surface area contributed by atoms with Crippen molar-refractivity contribution in [3.63, 3.8) is 0 Å². The van der Waals surface area contributed by atoms with E-state index in [2.05, 4.69) is 114 Å². The number of rotatable bonds is 5. The maximum Gasteiger partial charge on any atom is -0.147 e. The summed E-state index contributed by atoms with van der Waals surface area (Å²) in [6.45, 7) is 4.07. The van der Waals surface area contributed by atoms with Crippen molar-refractivity contribution >= 4 is 48.8 Å². The predicted molar refractivity (Wildman–Crippen MR) is 136 cm³/mol. The van der Waals surface area contributed by atoms with Crippen LogP contribution in [0.2, 0.25) is 0 Å². The average molecular weight is 529 g/mol. The molecule has 0 saturated carbocycles. The zero-order valence-electron chi connectivity index (χ0n) is 16.8. The summed E-state index contributed by atoms with van der Waals surface area (Å²) in [6, 6.07) is 29.3. The first kappa shape index (κ1) is 23.2. The van der Waals surface area contributed by atoms with Gasteiger partial charge in [0.2, 0.25) is 0 Å². The van der Waals surface area contributed by atoms with E-state index >= 15 is 0 Å². The Labute approximate surface area is 197 Å². The topological polar surface area (TPSA) is 0 Å². The number of benzene rings is 3. The van der Waals surface area contributed by atoms with Gasteiger partial charge in [0, 0.05) is 0 Å². The molecule has 2 unspecified atom stereocenters. The van der Waals surface area contributed by atoms with Gasteiger partial charge in [0.1, 0.15) is 0 Å². The largest absolute Gasteiger partial charge is 0.147 e. The molecule has 2 atom stereocenters. The summed E-state index contributed by atoms with van der Waals surface area (Å²) < 4.78 is 3.66. The monoisotopic (exact) mass is 526 g/mol. The van der Waals surface area contributed by atoms with Crippen molar-refractivity contribution in [2.45, 2.75) is 7.25 Å². The molecule has 152 valence electrons. The zero-order valence-corrected chi connectivity index (χ0v) is 22.3. The average Bonchev–Trinajstić information content (AvgIpc) is 3.38. The number of hydrogen-bond acceptors (Lipinski definition) is 0. The quantitative estimate of drug-likeness (QED) is 0.353. The van der Waals surface area contributed by atoms with E-state index in [1.54, 1.807) is 16.3 Å². The molecule has 0 radical (unpaired) electrons. The van der Waals surface area contributed by atoms with Crippen molar-refractivity contribution in [1.29, 1.82) is 0 Å². The Bertz CT molecular complexity index is 1030. The van der Waals surface area contributed by atoms with Crippen LogP contribution >= 0.6 is 24.8 Å². The van der Waals surface area contributed by atoms with E-state index in [-0.39, 0.29) is 24.8 Å². The van der Waals surface area contributed by atoms with Gasteiger partial charge in [0.05, 0.1) is 0 Å². The molecule has 0 N–H and O–H groups in total. The summed E-state index contributed by atoms with van der Waals surface area (Å²) in [4.78, 5) is 0. The van der Waals surface area contributed by atoms with Crippen LogP contribution in [0.25, 0.3) is 12.2 Å². The Morgan fingerprint density at radius 1 is 0.667 bits per heavy atom. The SMILES string of the molecule is C=[CH][Zr]([SiH2]c1ccccc1)([CH]1C=Cc2ccccc21)[CH]1C=Cc2ccccc21.Cl.Cl. The Morgan fingerprint density at radius 2 is 1.13 bits per heavy atom. The van der Waals surface area contributed by atoms with Crippen molar-refractivity contribution in [3.05, 3.63) is 124 Å². The summed E-state index contributed by atoms with van der Waals surface area (Å²) >= 11 is -2.91. The molecular formula is C26H26Cl2SiZr. The van der Waals surface area contributed by atoms with E-state index in [0.717, 1.165) is 0 Å². The van der Waals surface area contributed by atoms with Crippen LogP contribution in [0.4, 0.5) is 0 Å². The maximum atomic E-state index is 4.52.